The molecule has 0 aliphatic carbocycles. The first-order chi connectivity index (χ1) is 5.42. The summed E-state index contributed by atoms with van der Waals surface area (Å²) >= 11 is 1.53. The summed E-state index contributed by atoms with van der Waals surface area (Å²) in [6.45, 7) is 0. The molecule has 12 heavy (non-hydrogen) atoms. The molecule has 4 nitrogen and oxygen atoms in total. The summed E-state index contributed by atoms with van der Waals surface area (Å²) in [5, 5.41) is 8.39. The first-order valence-corrected chi connectivity index (χ1v) is 4.25. The van der Waals surface area contributed by atoms with E-state index in [1.165, 1.54) is 11.8 Å². The van der Waals surface area contributed by atoms with Gasteiger partial charge < -0.3 is 4.98 Å². The fourth-order valence-electron chi connectivity index (χ4n) is 0.847. The van der Waals surface area contributed by atoms with Crippen LogP contribution in [0.5, 0.6) is 0 Å². The van der Waals surface area contributed by atoms with E-state index < -0.39 is 0 Å². The van der Waals surface area contributed by atoms with Crippen molar-refractivity contribution in [3.05, 3.63) is 12.5 Å². The smallest absolute Gasteiger partial charge is 0.146 e. The zero-order chi connectivity index (χ0) is 7.68. The van der Waals surface area contributed by atoms with Gasteiger partial charge in [-0.15, -0.1) is 22.0 Å². The second kappa shape index (κ2) is 3.77. The highest BCUT2D eigenvalue weighted by Crippen LogP contribution is 2.18. The number of hydrogen-bond donors (Lipinski definition) is 1. The topological polar surface area (TPSA) is 54.5 Å². The molecule has 0 amide bonds. The molecule has 0 unspecified atom stereocenters. The zero-order valence-electron chi connectivity index (χ0n) is 6.33. The first-order valence-electron chi connectivity index (χ1n) is 3.03. The van der Waals surface area contributed by atoms with Crippen molar-refractivity contribution >= 4 is 36.3 Å². The Morgan fingerprint density at radius 2 is 2.42 bits per heavy atom. The van der Waals surface area contributed by atoms with Crippen molar-refractivity contribution in [1.82, 2.24) is 20.2 Å². The maximum absolute atomic E-state index is 4.08. The molecule has 0 bridgehead atoms. The monoisotopic (exact) mass is 199 g/mol. The molecule has 6 heteroatoms. The second-order valence-corrected chi connectivity index (χ2v) is 2.74. The van der Waals surface area contributed by atoms with Crippen LogP contribution in [0.4, 0.5) is 0 Å². The number of aromatic amines is 1. The van der Waals surface area contributed by atoms with E-state index in [1.54, 1.807) is 6.33 Å². The summed E-state index contributed by atoms with van der Waals surface area (Å²) in [5.74, 6) is 0. The summed E-state index contributed by atoms with van der Waals surface area (Å²) in [4.78, 5) is 6.99. The third-order valence-electron chi connectivity index (χ3n) is 1.34. The fraction of sp³-hybridized carbons (Fsp3) is 0.167. The highest BCUT2D eigenvalue weighted by molar-refractivity contribution is 7.98. The van der Waals surface area contributed by atoms with Gasteiger partial charge in [-0.25, -0.2) is 4.98 Å². The minimum Gasteiger partial charge on any atom is -0.343 e. The highest BCUT2D eigenvalue weighted by Gasteiger charge is 2.03. The van der Waals surface area contributed by atoms with Gasteiger partial charge in [-0.1, -0.05) is 0 Å². The van der Waals surface area contributed by atoms with Crippen LogP contribution >= 0.6 is 25.3 Å². The van der Waals surface area contributed by atoms with Crippen molar-refractivity contribution in [2.75, 3.05) is 6.26 Å². The van der Waals surface area contributed by atoms with E-state index >= 15 is 0 Å². The molecular formula is C6H7N4S2. The number of hydrogen-bond acceptors (Lipinski definition) is 4. The third kappa shape index (κ3) is 1.39. The van der Waals surface area contributed by atoms with Gasteiger partial charge in [0.25, 0.3) is 0 Å². The van der Waals surface area contributed by atoms with Gasteiger partial charge in [-0.3, -0.25) is 0 Å². The summed E-state index contributed by atoms with van der Waals surface area (Å²) in [6.07, 6.45) is 6.27. The lowest BCUT2D eigenvalue weighted by Gasteiger charge is -1.91. The fourth-order valence-corrected chi connectivity index (χ4v) is 1.32. The van der Waals surface area contributed by atoms with Crippen LogP contribution < -0.4 is 0 Å². The Morgan fingerprint density at radius 1 is 1.58 bits per heavy atom. The van der Waals surface area contributed by atoms with E-state index in [0.29, 0.717) is 0 Å². The summed E-state index contributed by atoms with van der Waals surface area (Å²) < 4.78 is 0. The number of fused-ring (bicyclic) bond motifs is 1. The van der Waals surface area contributed by atoms with Crippen LogP contribution in [-0.2, 0) is 0 Å². The maximum Gasteiger partial charge on any atom is 0.146 e. The summed E-state index contributed by atoms with van der Waals surface area (Å²) in [5.41, 5.74) is 1.65. The molecule has 1 radical (unpaired) electrons. The van der Waals surface area contributed by atoms with E-state index in [-0.39, 0.29) is 13.5 Å². The second-order valence-electron chi connectivity index (χ2n) is 1.95. The van der Waals surface area contributed by atoms with Crippen molar-refractivity contribution < 1.29 is 0 Å². The van der Waals surface area contributed by atoms with Crippen molar-refractivity contribution in [3.63, 3.8) is 0 Å². The lowest BCUT2D eigenvalue weighted by molar-refractivity contribution is 0.945. The molecule has 0 saturated heterocycles. The first kappa shape index (κ1) is 9.34. The molecule has 0 fully saturated rings. The molecule has 0 aliphatic heterocycles. The summed E-state index contributed by atoms with van der Waals surface area (Å²) in [7, 11) is 0. The molecule has 0 saturated carbocycles. The highest BCUT2D eigenvalue weighted by atomic mass is 32.2. The van der Waals surface area contributed by atoms with Crippen LogP contribution in [0.2, 0.25) is 0 Å². The maximum atomic E-state index is 4.08. The van der Waals surface area contributed by atoms with Gasteiger partial charge in [0.1, 0.15) is 16.7 Å². The van der Waals surface area contributed by atoms with Crippen molar-refractivity contribution in [3.8, 4) is 0 Å². The molecule has 1 N–H and O–H groups in total. The Morgan fingerprint density at radius 3 is 3.17 bits per heavy atom. The van der Waals surface area contributed by atoms with Gasteiger partial charge in [0.2, 0.25) is 0 Å². The van der Waals surface area contributed by atoms with E-state index in [9.17, 15) is 0 Å². The van der Waals surface area contributed by atoms with Gasteiger partial charge in [-0.05, 0) is 6.26 Å². The average molecular weight is 199 g/mol. The Hall–Kier alpha value is -0.750. The molecule has 0 atom stereocenters. The molecule has 2 rings (SSSR count). The SMILES string of the molecule is CSc1nn[c]c2[nH]cnc12.S. The minimum atomic E-state index is 0. The lowest BCUT2D eigenvalue weighted by atomic mass is 10.5. The Labute approximate surface area is 80.6 Å². The Balaban J connectivity index is 0.000000720. The largest absolute Gasteiger partial charge is 0.343 e. The van der Waals surface area contributed by atoms with Crippen LogP contribution in [0.15, 0.2) is 11.4 Å². The zero-order valence-corrected chi connectivity index (χ0v) is 8.14. The molecular weight excluding hydrogens is 192 g/mol. The van der Waals surface area contributed by atoms with Crippen LogP contribution in [0.1, 0.15) is 0 Å². The quantitative estimate of drug-likeness (QED) is 0.696. The number of aromatic nitrogens is 4. The molecule has 0 aliphatic rings. The number of nitrogens with one attached hydrogen (secondary N) is 1. The molecule has 2 aromatic heterocycles. The Kier molecular flexibility index (Phi) is 2.93. The predicted octanol–water partition coefficient (Wildman–Crippen LogP) is 0.988. The van der Waals surface area contributed by atoms with Gasteiger partial charge >= 0.3 is 0 Å². The van der Waals surface area contributed by atoms with E-state index in [1.807, 2.05) is 6.26 Å². The van der Waals surface area contributed by atoms with Crippen LogP contribution in [0.3, 0.4) is 0 Å². The van der Waals surface area contributed by atoms with E-state index in [2.05, 4.69) is 26.4 Å². The van der Waals surface area contributed by atoms with Crippen LogP contribution in [0, 0.1) is 6.20 Å². The van der Waals surface area contributed by atoms with Crippen molar-refractivity contribution in [2.45, 2.75) is 5.03 Å². The van der Waals surface area contributed by atoms with Gasteiger partial charge in [-0.2, -0.15) is 13.5 Å². The van der Waals surface area contributed by atoms with E-state index in [0.717, 1.165) is 16.1 Å². The van der Waals surface area contributed by atoms with Crippen molar-refractivity contribution in [1.29, 1.82) is 0 Å². The van der Waals surface area contributed by atoms with Gasteiger partial charge in [0, 0.05) is 0 Å². The average Bonchev–Trinajstić information content (AvgIpc) is 2.50. The predicted molar refractivity (Wildman–Crippen MR) is 52.7 cm³/mol. The third-order valence-corrected chi connectivity index (χ3v) is 2.00. The lowest BCUT2D eigenvalue weighted by Crippen LogP contribution is -1.85. The Bertz CT molecular complexity index is 372. The van der Waals surface area contributed by atoms with Crippen molar-refractivity contribution in [2.24, 2.45) is 0 Å². The van der Waals surface area contributed by atoms with Gasteiger partial charge in [0.05, 0.1) is 11.8 Å². The molecule has 2 heterocycles. The van der Waals surface area contributed by atoms with E-state index in [4.69, 9.17) is 0 Å². The number of rotatable bonds is 1. The molecule has 2 aromatic rings. The molecule has 63 valence electrons. The number of nitrogens with zero attached hydrogens (tertiary/aromatic N) is 3. The minimum absolute atomic E-state index is 0. The number of imidazole rings is 1. The molecule has 0 spiro atoms. The van der Waals surface area contributed by atoms with Crippen LogP contribution in [0.25, 0.3) is 11.0 Å². The van der Waals surface area contributed by atoms with Crippen LogP contribution in [-0.4, -0.2) is 26.4 Å². The normalized spacial score (nSPS) is 9.75. The number of thioether (sulfide) groups is 1. The van der Waals surface area contributed by atoms with Gasteiger partial charge in [0.15, 0.2) is 0 Å². The summed E-state index contributed by atoms with van der Waals surface area (Å²) in [6, 6.07) is 0. The number of H-pyrrole nitrogens is 1. The standard InChI is InChI=1S/C6H5N4S.H2S/c1-11-6-5-4(2-9-10-6)7-3-8-5;/h3H,1H3,(H,7,8);1H2. The molecule has 0 aromatic carbocycles.